The summed E-state index contributed by atoms with van der Waals surface area (Å²) in [5.74, 6) is 0.984. The Morgan fingerprint density at radius 3 is 2.45 bits per heavy atom. The van der Waals surface area contributed by atoms with Crippen LogP contribution in [0.4, 0.5) is 0 Å². The van der Waals surface area contributed by atoms with Crippen LogP contribution in [0.1, 0.15) is 37.9 Å². The van der Waals surface area contributed by atoms with Gasteiger partial charge < -0.3 is 14.4 Å². The first kappa shape index (κ1) is 22.2. The van der Waals surface area contributed by atoms with Crippen LogP contribution in [0.25, 0.3) is 11.0 Å². The third-order valence-electron chi connectivity index (χ3n) is 6.76. The second kappa shape index (κ2) is 8.88. The second-order valence-corrected chi connectivity index (χ2v) is 11.0. The molecule has 9 heteroatoms. The van der Waals surface area contributed by atoms with Crippen molar-refractivity contribution in [3.63, 3.8) is 0 Å². The van der Waals surface area contributed by atoms with Crippen molar-refractivity contribution in [1.29, 1.82) is 0 Å². The predicted octanol–water partition coefficient (Wildman–Crippen LogP) is 1.84. The Hall–Kier alpha value is -1.97. The topological polar surface area (TPSA) is 78.8 Å². The van der Waals surface area contributed by atoms with Crippen molar-refractivity contribution < 1.29 is 13.2 Å². The Kier molecular flexibility index (Phi) is 6.37. The fourth-order valence-corrected chi connectivity index (χ4v) is 5.71. The number of sulfonamides is 1. The number of aryl methyl sites for hydroxylation is 2. The van der Waals surface area contributed by atoms with E-state index in [0.717, 1.165) is 37.3 Å². The number of likely N-dealkylation sites (tertiary alicyclic amines) is 2. The van der Waals surface area contributed by atoms with Crippen LogP contribution < -0.4 is 0 Å². The maximum Gasteiger partial charge on any atom is 0.242 e. The van der Waals surface area contributed by atoms with Gasteiger partial charge in [-0.25, -0.2) is 17.7 Å². The van der Waals surface area contributed by atoms with Crippen LogP contribution in [0.3, 0.4) is 0 Å². The Morgan fingerprint density at radius 2 is 1.81 bits per heavy atom. The molecule has 31 heavy (non-hydrogen) atoms. The van der Waals surface area contributed by atoms with Gasteiger partial charge in [-0.2, -0.15) is 0 Å². The molecule has 0 radical (unpaired) electrons. The number of imidazole rings is 1. The van der Waals surface area contributed by atoms with Gasteiger partial charge in [-0.15, -0.1) is 0 Å². The normalized spacial score (nSPS) is 19.0. The van der Waals surface area contributed by atoms with Crippen molar-refractivity contribution >= 4 is 27.0 Å². The summed E-state index contributed by atoms with van der Waals surface area (Å²) < 4.78 is 28.0. The van der Waals surface area contributed by atoms with Gasteiger partial charge in [-0.3, -0.25) is 4.79 Å². The molecule has 0 unspecified atom stereocenters. The summed E-state index contributed by atoms with van der Waals surface area (Å²) in [6, 6.07) is 5.64. The van der Waals surface area contributed by atoms with Crippen molar-refractivity contribution in [2.75, 3.05) is 40.3 Å². The first-order valence-corrected chi connectivity index (χ1v) is 12.6. The molecule has 0 aliphatic carbocycles. The lowest BCUT2D eigenvalue weighted by atomic mass is 10.0. The quantitative estimate of drug-likeness (QED) is 0.675. The van der Waals surface area contributed by atoms with E-state index in [1.165, 1.54) is 44.3 Å². The molecule has 0 spiro atoms. The summed E-state index contributed by atoms with van der Waals surface area (Å²) in [6.07, 6.45) is 5.72. The van der Waals surface area contributed by atoms with E-state index in [0.29, 0.717) is 24.4 Å². The number of aromatic nitrogens is 2. The number of rotatable bonds is 6. The molecule has 2 aliphatic rings. The molecule has 0 atom stereocenters. The van der Waals surface area contributed by atoms with Gasteiger partial charge in [0.2, 0.25) is 15.9 Å². The molecule has 1 amide bonds. The maximum absolute atomic E-state index is 12.8. The van der Waals surface area contributed by atoms with Crippen molar-refractivity contribution in [3.05, 3.63) is 24.0 Å². The number of hydrogen-bond acceptors (Lipinski definition) is 5. The van der Waals surface area contributed by atoms with Gasteiger partial charge in [-0.1, -0.05) is 0 Å². The molecule has 2 saturated heterocycles. The highest BCUT2D eigenvalue weighted by Crippen LogP contribution is 2.23. The van der Waals surface area contributed by atoms with Crippen LogP contribution in [0.15, 0.2) is 23.1 Å². The van der Waals surface area contributed by atoms with E-state index in [9.17, 15) is 13.2 Å². The average molecular weight is 448 g/mol. The predicted molar refractivity (Wildman–Crippen MR) is 120 cm³/mol. The fourth-order valence-electron chi connectivity index (χ4n) is 4.79. The summed E-state index contributed by atoms with van der Waals surface area (Å²) in [7, 11) is 1.44. The van der Waals surface area contributed by atoms with E-state index < -0.39 is 10.0 Å². The zero-order valence-corrected chi connectivity index (χ0v) is 19.6. The number of carbonyl (C=O) groups excluding carboxylic acids is 1. The summed E-state index contributed by atoms with van der Waals surface area (Å²) in [6.45, 7) is 4.11. The van der Waals surface area contributed by atoms with Crippen LogP contribution in [0.2, 0.25) is 0 Å². The number of piperidine rings is 1. The average Bonchev–Trinajstić information content (AvgIpc) is 3.40. The molecular formula is C22H33N5O3S. The fraction of sp³-hybridized carbons (Fsp3) is 0.636. The Labute approximate surface area is 184 Å². The van der Waals surface area contributed by atoms with Gasteiger partial charge in [-0.05, 0) is 57.0 Å². The zero-order valence-electron chi connectivity index (χ0n) is 18.7. The van der Waals surface area contributed by atoms with Gasteiger partial charge in [0.1, 0.15) is 5.82 Å². The van der Waals surface area contributed by atoms with Gasteiger partial charge in [0.25, 0.3) is 0 Å². The Bertz CT molecular complexity index is 1050. The SMILES string of the molecule is CN(C)S(=O)(=O)c1ccc2c(c1)nc(CCC(=O)N1CCC(N3CCCC3)CC1)n2C. The minimum atomic E-state index is -3.50. The van der Waals surface area contributed by atoms with Gasteiger partial charge >= 0.3 is 0 Å². The first-order valence-electron chi connectivity index (χ1n) is 11.2. The Balaban J connectivity index is 1.38. The van der Waals surface area contributed by atoms with Crippen molar-refractivity contribution in [2.24, 2.45) is 7.05 Å². The van der Waals surface area contributed by atoms with Crippen LogP contribution in [-0.2, 0) is 28.3 Å². The van der Waals surface area contributed by atoms with E-state index in [4.69, 9.17) is 0 Å². The van der Waals surface area contributed by atoms with Gasteiger partial charge in [0.05, 0.1) is 15.9 Å². The highest BCUT2D eigenvalue weighted by Gasteiger charge is 2.28. The number of amides is 1. The summed E-state index contributed by atoms with van der Waals surface area (Å²) in [5, 5.41) is 0. The number of fused-ring (bicyclic) bond motifs is 1. The number of benzene rings is 1. The third-order valence-corrected chi connectivity index (χ3v) is 8.57. The number of nitrogens with zero attached hydrogens (tertiary/aromatic N) is 5. The molecule has 4 rings (SSSR count). The highest BCUT2D eigenvalue weighted by molar-refractivity contribution is 7.89. The standard InChI is InChI=1S/C22H33N5O3S/c1-24(2)31(29,30)18-6-7-20-19(16-18)23-21(25(20)3)8-9-22(28)27-14-10-17(11-15-27)26-12-4-5-13-26/h6-7,16-17H,4-5,8-15H2,1-3H3. The molecule has 3 heterocycles. The highest BCUT2D eigenvalue weighted by atomic mass is 32.2. The molecule has 0 N–H and O–H groups in total. The first-order chi connectivity index (χ1) is 14.8. The van der Waals surface area contributed by atoms with Gasteiger partial charge in [0, 0.05) is 53.1 Å². The zero-order chi connectivity index (χ0) is 22.2. The lowest BCUT2D eigenvalue weighted by Gasteiger charge is -2.36. The summed E-state index contributed by atoms with van der Waals surface area (Å²) >= 11 is 0. The summed E-state index contributed by atoms with van der Waals surface area (Å²) in [5.41, 5.74) is 1.51. The van der Waals surface area contributed by atoms with E-state index in [-0.39, 0.29) is 10.8 Å². The molecule has 1 aromatic heterocycles. The minimum Gasteiger partial charge on any atom is -0.343 e. The molecule has 8 nitrogen and oxygen atoms in total. The minimum absolute atomic E-state index is 0.183. The van der Waals surface area contributed by atoms with Crippen molar-refractivity contribution in [3.8, 4) is 0 Å². The molecule has 0 bridgehead atoms. The van der Waals surface area contributed by atoms with E-state index >= 15 is 0 Å². The molecule has 170 valence electrons. The summed E-state index contributed by atoms with van der Waals surface area (Å²) in [4.78, 5) is 22.2. The van der Waals surface area contributed by atoms with Gasteiger partial charge in [0.15, 0.2) is 0 Å². The molecule has 2 aromatic rings. The molecule has 1 aromatic carbocycles. The lowest BCUT2D eigenvalue weighted by molar-refractivity contribution is -0.132. The molecule has 2 aliphatic heterocycles. The van der Waals surface area contributed by atoms with Crippen LogP contribution in [-0.4, -0.2) is 84.3 Å². The molecular weight excluding hydrogens is 414 g/mol. The lowest BCUT2D eigenvalue weighted by Crippen LogP contribution is -2.46. The van der Waals surface area contributed by atoms with Crippen LogP contribution >= 0.6 is 0 Å². The molecule has 2 fully saturated rings. The van der Waals surface area contributed by atoms with E-state index in [1.54, 1.807) is 18.2 Å². The van der Waals surface area contributed by atoms with Crippen molar-refractivity contribution in [2.45, 2.75) is 49.5 Å². The largest absolute Gasteiger partial charge is 0.343 e. The van der Waals surface area contributed by atoms with E-state index in [1.807, 2.05) is 16.5 Å². The van der Waals surface area contributed by atoms with Crippen LogP contribution in [0.5, 0.6) is 0 Å². The second-order valence-electron chi connectivity index (χ2n) is 8.88. The Morgan fingerprint density at radius 1 is 1.13 bits per heavy atom. The van der Waals surface area contributed by atoms with Crippen LogP contribution in [0, 0.1) is 0 Å². The maximum atomic E-state index is 12.8. The monoisotopic (exact) mass is 447 g/mol. The van der Waals surface area contributed by atoms with E-state index in [2.05, 4.69) is 9.88 Å². The number of hydrogen-bond donors (Lipinski definition) is 0. The smallest absolute Gasteiger partial charge is 0.242 e. The third kappa shape index (κ3) is 4.49. The number of carbonyl (C=O) groups is 1. The van der Waals surface area contributed by atoms with Crippen molar-refractivity contribution in [1.82, 2.24) is 23.7 Å². The molecule has 0 saturated carbocycles.